The first-order valence-electron chi connectivity index (χ1n) is 12.5. The van der Waals surface area contributed by atoms with Crippen molar-refractivity contribution in [3.63, 3.8) is 0 Å². The van der Waals surface area contributed by atoms with Crippen molar-refractivity contribution in [1.29, 1.82) is 0 Å². The molecule has 1 aliphatic heterocycles. The van der Waals surface area contributed by atoms with Crippen molar-refractivity contribution in [2.24, 2.45) is 0 Å². The Balaban J connectivity index is 0.00000722. The van der Waals surface area contributed by atoms with E-state index in [0.717, 1.165) is 25.5 Å². The standard InChI is InChI=1S/C26H36N4O7.2Rb/c31-15-4-2-1-3-12-27-22(32)6-5-16-37-17-13-28-23(33)19-24(34)29-21-9-7-20(8-10-21)18-26(36)30-14-11-25(30)35;;/h7-10,15H,1-6,11-14,16-19H2,(H3,27,28,29,32,33,34);;/q;2*+1/p-2. The summed E-state index contributed by atoms with van der Waals surface area (Å²) in [5, 5.41) is 10.5. The molecule has 0 atom stereocenters. The van der Waals surface area contributed by atoms with Crippen molar-refractivity contribution in [3.05, 3.63) is 40.5 Å². The molecular weight excluding hydrogens is 651 g/mol. The molecule has 0 saturated carbocycles. The first-order chi connectivity index (χ1) is 17.9. The minimum absolute atomic E-state index is 0. The fourth-order valence-electron chi connectivity index (χ4n) is 3.42. The van der Waals surface area contributed by atoms with Crippen molar-refractivity contribution >= 4 is 41.5 Å². The first kappa shape index (κ1) is 39.0. The molecule has 0 bridgehead atoms. The van der Waals surface area contributed by atoms with Gasteiger partial charge >= 0.3 is 116 Å². The summed E-state index contributed by atoms with van der Waals surface area (Å²) in [6, 6.07) is 6.45. The van der Waals surface area contributed by atoms with Gasteiger partial charge in [-0.2, -0.15) is 0 Å². The van der Waals surface area contributed by atoms with E-state index in [0.29, 0.717) is 56.6 Å². The maximum absolute atomic E-state index is 12.0. The molecule has 202 valence electrons. The fourth-order valence-corrected chi connectivity index (χ4v) is 3.42. The van der Waals surface area contributed by atoms with Crippen molar-refractivity contribution in [1.82, 2.24) is 10.2 Å². The van der Waals surface area contributed by atoms with E-state index in [9.17, 15) is 28.8 Å². The second-order valence-corrected chi connectivity index (χ2v) is 8.57. The molecular formula is C26H34N4O7Rb2. The Morgan fingerprint density at radius 3 is 2.36 bits per heavy atom. The quantitative estimate of drug-likeness (QED) is 0.0728. The number of β-lactam (4-membered cyclic amide) rings is 1. The average Bonchev–Trinajstić information content (AvgIpc) is 2.85. The molecule has 0 unspecified atom stereocenters. The van der Waals surface area contributed by atoms with Crippen LogP contribution in [0.3, 0.4) is 0 Å². The number of hydrogen-bond acceptors (Lipinski definition) is 7. The molecule has 1 heterocycles. The summed E-state index contributed by atoms with van der Waals surface area (Å²) in [6.45, 7) is 1.73. The number of carbonyl (C=O) groups excluding carboxylic acids is 6. The van der Waals surface area contributed by atoms with Gasteiger partial charge in [0.2, 0.25) is 17.7 Å². The summed E-state index contributed by atoms with van der Waals surface area (Å²) >= 11 is 0. The summed E-state index contributed by atoms with van der Waals surface area (Å²) in [5.41, 5.74) is 1.06. The maximum atomic E-state index is 12.0. The van der Waals surface area contributed by atoms with E-state index in [1.807, 2.05) is 0 Å². The molecule has 0 spiro atoms. The summed E-state index contributed by atoms with van der Waals surface area (Å²) in [5.74, 6) is -1.69. The van der Waals surface area contributed by atoms with Gasteiger partial charge in [-0.1, -0.05) is 30.7 Å². The third-order valence-electron chi connectivity index (χ3n) is 5.54. The zero-order valence-corrected chi connectivity index (χ0v) is 32.8. The van der Waals surface area contributed by atoms with Crippen molar-refractivity contribution in [2.75, 3.05) is 32.8 Å². The predicted octanol–water partition coefficient (Wildman–Crippen LogP) is -3.51. The third kappa shape index (κ3) is 17.5. The summed E-state index contributed by atoms with van der Waals surface area (Å²) in [6.07, 6.45) is 4.98. The molecule has 1 aliphatic rings. The number of carbonyl (C=O) groups is 6. The number of hydrogen-bond donors (Lipinski definition) is 1. The zero-order chi connectivity index (χ0) is 26.9. The Hall–Kier alpha value is 0.0104. The molecule has 0 aromatic heterocycles. The molecule has 1 aromatic carbocycles. The van der Waals surface area contributed by atoms with Crippen LogP contribution in [0.25, 0.3) is 10.6 Å². The molecule has 13 heteroatoms. The molecule has 1 saturated heterocycles. The van der Waals surface area contributed by atoms with E-state index in [1.165, 1.54) is 4.90 Å². The zero-order valence-electron chi connectivity index (χ0n) is 23.0. The van der Waals surface area contributed by atoms with Gasteiger partial charge in [0.15, 0.2) is 0 Å². The smallest absolute Gasteiger partial charge is 0.651 e. The Kier molecular flexibility index (Phi) is 23.6. The SMILES string of the molecule is O=CCCCCCNC(=O)CCCOCC[N-]C(=O)CC(=O)[N-]c1ccc(CC(=O)N2CCC2=O)cc1.[Rb+].[Rb+]. The molecule has 0 aliphatic carbocycles. The van der Waals surface area contributed by atoms with Gasteiger partial charge < -0.3 is 35.1 Å². The van der Waals surface area contributed by atoms with E-state index >= 15 is 0 Å². The van der Waals surface area contributed by atoms with Crippen LogP contribution in [0.1, 0.15) is 56.9 Å². The van der Waals surface area contributed by atoms with E-state index in [1.54, 1.807) is 24.3 Å². The van der Waals surface area contributed by atoms with Crippen LogP contribution in [-0.4, -0.2) is 73.6 Å². The number of nitrogens with one attached hydrogen (secondary N) is 1. The molecule has 5 amide bonds. The van der Waals surface area contributed by atoms with Crippen LogP contribution in [-0.2, 0) is 39.9 Å². The average molecular weight is 686 g/mol. The Morgan fingerprint density at radius 2 is 1.72 bits per heavy atom. The van der Waals surface area contributed by atoms with Crippen LogP contribution in [0.15, 0.2) is 24.3 Å². The second kappa shape index (κ2) is 23.6. The minimum Gasteiger partial charge on any atom is -0.651 e. The maximum Gasteiger partial charge on any atom is 1.00 e. The minimum atomic E-state index is -0.626. The number of imide groups is 1. The van der Waals surface area contributed by atoms with Crippen LogP contribution < -0.4 is 122 Å². The van der Waals surface area contributed by atoms with Crippen LogP contribution >= 0.6 is 0 Å². The van der Waals surface area contributed by atoms with Gasteiger partial charge in [0.25, 0.3) is 0 Å². The van der Waals surface area contributed by atoms with E-state index in [-0.39, 0.29) is 154 Å². The summed E-state index contributed by atoms with van der Waals surface area (Å²) < 4.78 is 5.36. The summed E-state index contributed by atoms with van der Waals surface area (Å²) in [4.78, 5) is 70.3. The molecule has 1 fully saturated rings. The van der Waals surface area contributed by atoms with E-state index < -0.39 is 18.2 Å². The number of aldehydes is 1. The van der Waals surface area contributed by atoms with Crippen molar-refractivity contribution in [2.45, 2.75) is 57.8 Å². The number of likely N-dealkylation sites (tertiary alicyclic amines) is 1. The largest absolute Gasteiger partial charge is 1.00 e. The van der Waals surface area contributed by atoms with Crippen LogP contribution in [0.5, 0.6) is 0 Å². The monoisotopic (exact) mass is 684 g/mol. The Bertz CT molecular complexity index is 945. The fraction of sp³-hybridized carbons (Fsp3) is 0.538. The number of unbranched alkanes of at least 4 members (excludes halogenated alkanes) is 3. The number of rotatable bonds is 18. The molecule has 11 nitrogen and oxygen atoms in total. The number of amides is 5. The van der Waals surface area contributed by atoms with Crippen LogP contribution in [0.2, 0.25) is 0 Å². The van der Waals surface area contributed by atoms with Gasteiger partial charge in [-0.15, -0.1) is 12.2 Å². The summed E-state index contributed by atoms with van der Waals surface area (Å²) in [7, 11) is 0. The Labute approximate surface area is 327 Å². The molecule has 2 rings (SSSR count). The van der Waals surface area contributed by atoms with E-state index in [2.05, 4.69) is 16.0 Å². The van der Waals surface area contributed by atoms with Crippen molar-refractivity contribution in [3.8, 4) is 0 Å². The third-order valence-corrected chi connectivity index (χ3v) is 5.54. The normalized spacial score (nSPS) is 11.8. The number of ether oxygens (including phenoxy) is 1. The van der Waals surface area contributed by atoms with Gasteiger partial charge in [0, 0.05) is 52.0 Å². The molecule has 1 N–H and O–H groups in total. The van der Waals surface area contributed by atoms with Gasteiger partial charge in [0.1, 0.15) is 6.29 Å². The molecule has 0 radical (unpaired) electrons. The first-order valence-corrected chi connectivity index (χ1v) is 12.5. The number of nitrogens with zero attached hydrogens (tertiary/aromatic N) is 3. The van der Waals surface area contributed by atoms with Crippen molar-refractivity contribution < 1.29 is 150 Å². The predicted molar refractivity (Wildman–Crippen MR) is 135 cm³/mol. The van der Waals surface area contributed by atoms with Gasteiger partial charge in [-0.25, -0.2) is 0 Å². The Morgan fingerprint density at radius 1 is 0.974 bits per heavy atom. The van der Waals surface area contributed by atoms with Crippen LogP contribution in [0, 0.1) is 0 Å². The number of benzene rings is 1. The molecule has 39 heavy (non-hydrogen) atoms. The van der Waals surface area contributed by atoms with Gasteiger partial charge in [-0.3, -0.25) is 19.3 Å². The van der Waals surface area contributed by atoms with Crippen LogP contribution in [0.4, 0.5) is 5.69 Å². The van der Waals surface area contributed by atoms with Gasteiger partial charge in [0.05, 0.1) is 18.2 Å². The van der Waals surface area contributed by atoms with E-state index in [4.69, 9.17) is 4.74 Å². The van der Waals surface area contributed by atoms with Gasteiger partial charge in [-0.05, 0) is 24.8 Å². The molecule has 1 aromatic rings. The second-order valence-electron chi connectivity index (χ2n) is 8.57. The topological polar surface area (TPSA) is 155 Å².